The van der Waals surface area contributed by atoms with Crippen LogP contribution in [0.4, 0.5) is 5.69 Å². The minimum Gasteiger partial charge on any atom is -0.489 e. The van der Waals surface area contributed by atoms with Gasteiger partial charge in [0.25, 0.3) is 0 Å². The summed E-state index contributed by atoms with van der Waals surface area (Å²) in [5.74, 6) is 1.82. The molecule has 1 saturated heterocycles. The molecule has 0 aliphatic carbocycles. The molecule has 4 nitrogen and oxygen atoms in total. The van der Waals surface area contributed by atoms with Crippen molar-refractivity contribution in [2.75, 3.05) is 25.1 Å². The Morgan fingerprint density at radius 1 is 1.12 bits per heavy atom. The second-order valence-electron chi connectivity index (χ2n) is 6.74. The number of para-hydroxylation sites is 3. The molecule has 0 unspecified atom stereocenters. The molecule has 2 aromatic rings. The summed E-state index contributed by atoms with van der Waals surface area (Å²) in [6.45, 7) is 6.40. The highest BCUT2D eigenvalue weighted by molar-refractivity contribution is 5.56. The summed E-state index contributed by atoms with van der Waals surface area (Å²) in [5.41, 5.74) is 2.16. The number of ether oxygens (including phenoxy) is 3. The SMILES string of the molecule is CC[C@H](CNc1ccccc1OC[C@@H]1CCCO1)Oc1ccccc1C. The average Bonchev–Trinajstić information content (AvgIpc) is 3.19. The Bertz CT molecular complexity index is 683. The van der Waals surface area contributed by atoms with Crippen LogP contribution in [-0.2, 0) is 4.74 Å². The number of hydrogen-bond donors (Lipinski definition) is 1. The number of rotatable bonds is 9. The molecular weight excluding hydrogens is 326 g/mol. The predicted octanol–water partition coefficient (Wildman–Crippen LogP) is 4.82. The minimum atomic E-state index is 0.0994. The van der Waals surface area contributed by atoms with Crippen LogP contribution in [0.1, 0.15) is 31.7 Å². The van der Waals surface area contributed by atoms with E-state index in [-0.39, 0.29) is 12.2 Å². The lowest BCUT2D eigenvalue weighted by molar-refractivity contribution is 0.0682. The monoisotopic (exact) mass is 355 g/mol. The van der Waals surface area contributed by atoms with Crippen LogP contribution >= 0.6 is 0 Å². The van der Waals surface area contributed by atoms with E-state index >= 15 is 0 Å². The quantitative estimate of drug-likeness (QED) is 0.700. The molecule has 1 aliphatic heterocycles. The third-order valence-electron chi connectivity index (χ3n) is 4.70. The van der Waals surface area contributed by atoms with E-state index in [1.54, 1.807) is 0 Å². The van der Waals surface area contributed by atoms with Crippen molar-refractivity contribution >= 4 is 5.69 Å². The maximum Gasteiger partial charge on any atom is 0.142 e. The zero-order chi connectivity index (χ0) is 18.2. The van der Waals surface area contributed by atoms with Crippen LogP contribution in [0.2, 0.25) is 0 Å². The van der Waals surface area contributed by atoms with Crippen molar-refractivity contribution in [1.82, 2.24) is 0 Å². The van der Waals surface area contributed by atoms with E-state index in [0.29, 0.717) is 6.61 Å². The molecule has 0 radical (unpaired) electrons. The van der Waals surface area contributed by atoms with Crippen molar-refractivity contribution in [2.24, 2.45) is 0 Å². The molecule has 0 aromatic heterocycles. The van der Waals surface area contributed by atoms with Crippen LogP contribution < -0.4 is 14.8 Å². The fraction of sp³-hybridized carbons (Fsp3) is 0.455. The van der Waals surface area contributed by atoms with Crippen molar-refractivity contribution in [1.29, 1.82) is 0 Å². The summed E-state index contributed by atoms with van der Waals surface area (Å²) in [7, 11) is 0. The topological polar surface area (TPSA) is 39.7 Å². The number of aryl methyl sites for hydroxylation is 1. The molecule has 1 aliphatic rings. The van der Waals surface area contributed by atoms with Gasteiger partial charge in [0.1, 0.15) is 24.2 Å². The van der Waals surface area contributed by atoms with E-state index in [1.165, 1.54) is 0 Å². The fourth-order valence-corrected chi connectivity index (χ4v) is 3.06. The number of anilines is 1. The second kappa shape index (κ2) is 9.48. The van der Waals surface area contributed by atoms with E-state index in [4.69, 9.17) is 14.2 Å². The van der Waals surface area contributed by atoms with Crippen LogP contribution in [0.3, 0.4) is 0 Å². The Hall–Kier alpha value is -2.20. The zero-order valence-corrected chi connectivity index (χ0v) is 15.7. The highest BCUT2D eigenvalue weighted by atomic mass is 16.5. The molecule has 0 saturated carbocycles. The van der Waals surface area contributed by atoms with Gasteiger partial charge < -0.3 is 19.5 Å². The first-order valence-corrected chi connectivity index (χ1v) is 9.56. The van der Waals surface area contributed by atoms with Crippen molar-refractivity contribution in [3.63, 3.8) is 0 Å². The Kier molecular flexibility index (Phi) is 6.78. The Balaban J connectivity index is 1.56. The summed E-state index contributed by atoms with van der Waals surface area (Å²) in [4.78, 5) is 0. The third-order valence-corrected chi connectivity index (χ3v) is 4.70. The third kappa shape index (κ3) is 5.15. The van der Waals surface area contributed by atoms with E-state index in [1.807, 2.05) is 42.5 Å². The number of benzene rings is 2. The first-order valence-electron chi connectivity index (χ1n) is 9.56. The predicted molar refractivity (Wildman–Crippen MR) is 105 cm³/mol. The Morgan fingerprint density at radius 3 is 2.62 bits per heavy atom. The normalized spacial score (nSPS) is 17.7. The van der Waals surface area contributed by atoms with Crippen LogP contribution in [-0.4, -0.2) is 32.0 Å². The van der Waals surface area contributed by atoms with Gasteiger partial charge in [0.15, 0.2) is 0 Å². The van der Waals surface area contributed by atoms with Gasteiger partial charge in [0.2, 0.25) is 0 Å². The van der Waals surface area contributed by atoms with Gasteiger partial charge in [-0.1, -0.05) is 37.3 Å². The standard InChI is InChI=1S/C22H29NO3/c1-3-18(26-21-12-6-4-9-17(21)2)15-23-20-11-5-7-13-22(20)25-16-19-10-8-14-24-19/h4-7,9,11-13,18-19,23H,3,8,10,14-16H2,1-2H3/t18-,19+/m1/s1. The van der Waals surface area contributed by atoms with E-state index in [9.17, 15) is 0 Å². The van der Waals surface area contributed by atoms with E-state index in [0.717, 1.165) is 55.2 Å². The lowest BCUT2D eigenvalue weighted by Gasteiger charge is -2.21. The molecule has 4 heteroatoms. The van der Waals surface area contributed by atoms with Gasteiger partial charge in [-0.25, -0.2) is 0 Å². The molecule has 1 fully saturated rings. The summed E-state index contributed by atoms with van der Waals surface area (Å²) < 4.78 is 17.8. The maximum absolute atomic E-state index is 6.17. The first-order chi connectivity index (χ1) is 12.8. The van der Waals surface area contributed by atoms with Crippen molar-refractivity contribution in [2.45, 2.75) is 45.3 Å². The van der Waals surface area contributed by atoms with Crippen LogP contribution in [0.25, 0.3) is 0 Å². The van der Waals surface area contributed by atoms with Crippen LogP contribution in [0.15, 0.2) is 48.5 Å². The highest BCUT2D eigenvalue weighted by Gasteiger charge is 2.17. The largest absolute Gasteiger partial charge is 0.489 e. The molecule has 26 heavy (non-hydrogen) atoms. The lowest BCUT2D eigenvalue weighted by atomic mass is 10.2. The maximum atomic E-state index is 6.17. The lowest BCUT2D eigenvalue weighted by Crippen LogP contribution is -2.26. The molecule has 1 N–H and O–H groups in total. The van der Waals surface area contributed by atoms with Gasteiger partial charge in [-0.3, -0.25) is 0 Å². The minimum absolute atomic E-state index is 0.0994. The summed E-state index contributed by atoms with van der Waals surface area (Å²) in [6.07, 6.45) is 3.46. The molecule has 0 spiro atoms. The number of hydrogen-bond acceptors (Lipinski definition) is 4. The molecule has 0 bridgehead atoms. The summed E-state index contributed by atoms with van der Waals surface area (Å²) in [5, 5.41) is 3.49. The smallest absolute Gasteiger partial charge is 0.142 e. The molecule has 140 valence electrons. The van der Waals surface area contributed by atoms with E-state index < -0.39 is 0 Å². The Morgan fingerprint density at radius 2 is 1.88 bits per heavy atom. The van der Waals surface area contributed by atoms with Crippen molar-refractivity contribution in [3.05, 3.63) is 54.1 Å². The van der Waals surface area contributed by atoms with Crippen LogP contribution in [0.5, 0.6) is 11.5 Å². The van der Waals surface area contributed by atoms with E-state index in [2.05, 4.69) is 25.2 Å². The molecule has 2 aromatic carbocycles. The van der Waals surface area contributed by atoms with Gasteiger partial charge in [0.05, 0.1) is 18.3 Å². The molecule has 0 amide bonds. The van der Waals surface area contributed by atoms with Gasteiger partial charge in [-0.2, -0.15) is 0 Å². The van der Waals surface area contributed by atoms with Gasteiger partial charge in [-0.15, -0.1) is 0 Å². The van der Waals surface area contributed by atoms with Gasteiger partial charge in [-0.05, 0) is 49.9 Å². The molecule has 3 rings (SSSR count). The van der Waals surface area contributed by atoms with Gasteiger partial charge in [0, 0.05) is 6.61 Å². The van der Waals surface area contributed by atoms with Crippen molar-refractivity contribution in [3.8, 4) is 11.5 Å². The molecule has 2 atom stereocenters. The Labute approximate surface area is 156 Å². The van der Waals surface area contributed by atoms with Gasteiger partial charge >= 0.3 is 0 Å². The summed E-state index contributed by atoms with van der Waals surface area (Å²) in [6, 6.07) is 16.2. The fourth-order valence-electron chi connectivity index (χ4n) is 3.06. The van der Waals surface area contributed by atoms with Crippen molar-refractivity contribution < 1.29 is 14.2 Å². The zero-order valence-electron chi connectivity index (χ0n) is 15.7. The highest BCUT2D eigenvalue weighted by Crippen LogP contribution is 2.26. The van der Waals surface area contributed by atoms with Crippen LogP contribution in [0, 0.1) is 6.92 Å². The number of nitrogens with one attached hydrogen (secondary N) is 1. The molecular formula is C22H29NO3. The molecule has 1 heterocycles. The first kappa shape index (κ1) is 18.6. The average molecular weight is 355 g/mol. The summed E-state index contributed by atoms with van der Waals surface area (Å²) >= 11 is 0. The second-order valence-corrected chi connectivity index (χ2v) is 6.74.